The lowest BCUT2D eigenvalue weighted by Gasteiger charge is -2.05. The summed E-state index contributed by atoms with van der Waals surface area (Å²) in [5.74, 6) is -0.694. The number of hydrogen-bond donors (Lipinski definition) is 0. The topological polar surface area (TPSA) is 60.4 Å². The van der Waals surface area contributed by atoms with Crippen LogP contribution < -0.4 is 0 Å². The molecule has 0 aliphatic carbocycles. The van der Waals surface area contributed by atoms with Gasteiger partial charge in [0, 0.05) is 6.42 Å². The van der Waals surface area contributed by atoms with Crippen LogP contribution in [0.4, 0.5) is 0 Å². The van der Waals surface area contributed by atoms with Crippen molar-refractivity contribution in [1.82, 2.24) is 0 Å². The Kier molecular flexibility index (Phi) is 4.39. The summed E-state index contributed by atoms with van der Waals surface area (Å²) >= 11 is 0. The molecule has 1 aromatic rings. The summed E-state index contributed by atoms with van der Waals surface area (Å²) in [7, 11) is 1.28. The Bertz CT molecular complexity index is 409. The molecule has 0 atom stereocenters. The highest BCUT2D eigenvalue weighted by Gasteiger charge is 2.13. The number of Topliss-reactive ketones (excluding diaryl/α,β-unsaturated/α-hetero) is 1. The summed E-state index contributed by atoms with van der Waals surface area (Å²) in [6.45, 7) is 0. The van der Waals surface area contributed by atoms with E-state index in [-0.39, 0.29) is 18.6 Å². The second-order valence-corrected chi connectivity index (χ2v) is 3.23. The van der Waals surface area contributed by atoms with Gasteiger partial charge in [-0.1, -0.05) is 18.2 Å². The summed E-state index contributed by atoms with van der Waals surface area (Å²) in [5, 5.41) is 0. The average Bonchev–Trinajstić information content (AvgIpc) is 2.29. The van der Waals surface area contributed by atoms with Gasteiger partial charge in [0.2, 0.25) is 0 Å². The Balaban J connectivity index is 2.90. The normalized spacial score (nSPS) is 9.56. The molecule has 0 N–H and O–H groups in total. The third-order valence-corrected chi connectivity index (χ3v) is 2.12. The Labute approximate surface area is 93.2 Å². The molecule has 0 aliphatic rings. The van der Waals surface area contributed by atoms with Gasteiger partial charge in [-0.15, -0.1) is 0 Å². The van der Waals surface area contributed by atoms with E-state index >= 15 is 0 Å². The van der Waals surface area contributed by atoms with E-state index < -0.39 is 5.97 Å². The second-order valence-electron chi connectivity index (χ2n) is 3.23. The highest BCUT2D eigenvalue weighted by Crippen LogP contribution is 2.11. The maximum absolute atomic E-state index is 11.4. The molecule has 0 fully saturated rings. The second kappa shape index (κ2) is 5.80. The largest absolute Gasteiger partial charge is 0.465 e. The smallest absolute Gasteiger partial charge is 0.338 e. The van der Waals surface area contributed by atoms with Gasteiger partial charge in [-0.2, -0.15) is 0 Å². The minimum Gasteiger partial charge on any atom is -0.465 e. The standard InChI is InChI=1S/C12H12O4/c1-16-12(15)11-5-3-2-4-9(11)8-10(14)6-7-13/h2-5,7H,6,8H2,1H3. The maximum atomic E-state index is 11.4. The van der Waals surface area contributed by atoms with Crippen molar-refractivity contribution in [3.63, 3.8) is 0 Å². The van der Waals surface area contributed by atoms with E-state index in [2.05, 4.69) is 4.74 Å². The molecule has 16 heavy (non-hydrogen) atoms. The molecule has 0 bridgehead atoms. The lowest BCUT2D eigenvalue weighted by molar-refractivity contribution is -0.121. The predicted molar refractivity (Wildman–Crippen MR) is 57.2 cm³/mol. The van der Waals surface area contributed by atoms with Gasteiger partial charge in [0.05, 0.1) is 19.1 Å². The van der Waals surface area contributed by atoms with E-state index in [0.717, 1.165) is 0 Å². The van der Waals surface area contributed by atoms with Crippen LogP contribution in [0.5, 0.6) is 0 Å². The third-order valence-electron chi connectivity index (χ3n) is 2.12. The minimum atomic E-state index is -0.477. The number of rotatable bonds is 5. The quantitative estimate of drug-likeness (QED) is 0.424. The van der Waals surface area contributed by atoms with Gasteiger partial charge < -0.3 is 9.53 Å². The number of benzene rings is 1. The van der Waals surface area contributed by atoms with E-state index in [1.54, 1.807) is 24.3 Å². The summed E-state index contributed by atoms with van der Waals surface area (Å²) in [4.78, 5) is 32.8. The van der Waals surface area contributed by atoms with Gasteiger partial charge in [0.15, 0.2) is 0 Å². The van der Waals surface area contributed by atoms with E-state index in [1.807, 2.05) is 0 Å². The van der Waals surface area contributed by atoms with Crippen molar-refractivity contribution in [2.45, 2.75) is 12.8 Å². The predicted octanol–water partition coefficient (Wildman–Crippen LogP) is 1.17. The number of carbonyl (C=O) groups excluding carboxylic acids is 3. The zero-order chi connectivity index (χ0) is 12.0. The number of ether oxygens (including phenoxy) is 1. The fourth-order valence-electron chi connectivity index (χ4n) is 1.36. The van der Waals surface area contributed by atoms with Crippen LogP contribution in [-0.2, 0) is 20.7 Å². The number of methoxy groups -OCH3 is 1. The lowest BCUT2D eigenvalue weighted by Crippen LogP contribution is -2.10. The van der Waals surface area contributed by atoms with Crippen LogP contribution in [0, 0.1) is 0 Å². The van der Waals surface area contributed by atoms with Crippen molar-refractivity contribution >= 4 is 18.0 Å². The van der Waals surface area contributed by atoms with Crippen LogP contribution in [0.15, 0.2) is 24.3 Å². The molecule has 0 unspecified atom stereocenters. The number of aldehydes is 1. The van der Waals surface area contributed by atoms with Crippen molar-refractivity contribution in [1.29, 1.82) is 0 Å². The zero-order valence-electron chi connectivity index (χ0n) is 8.93. The number of carbonyl (C=O) groups is 3. The Hall–Kier alpha value is -1.97. The summed E-state index contributed by atoms with van der Waals surface area (Å²) in [6.07, 6.45) is 0.503. The molecule has 4 nitrogen and oxygen atoms in total. The Morgan fingerprint density at radius 1 is 1.31 bits per heavy atom. The highest BCUT2D eigenvalue weighted by molar-refractivity contribution is 5.95. The maximum Gasteiger partial charge on any atom is 0.338 e. The SMILES string of the molecule is COC(=O)c1ccccc1CC(=O)CC=O. The van der Waals surface area contributed by atoms with Crippen molar-refractivity contribution in [3.8, 4) is 0 Å². The van der Waals surface area contributed by atoms with Gasteiger partial charge >= 0.3 is 5.97 Å². The lowest BCUT2D eigenvalue weighted by atomic mass is 10.0. The van der Waals surface area contributed by atoms with Crippen LogP contribution in [0.1, 0.15) is 22.3 Å². The van der Waals surface area contributed by atoms with Gasteiger partial charge in [0.25, 0.3) is 0 Å². The molecule has 84 valence electrons. The van der Waals surface area contributed by atoms with Gasteiger partial charge in [-0.25, -0.2) is 4.79 Å². The first-order valence-electron chi connectivity index (χ1n) is 4.80. The van der Waals surface area contributed by atoms with Crippen LogP contribution in [-0.4, -0.2) is 25.1 Å². The first-order chi connectivity index (χ1) is 7.69. The molecule has 1 aromatic carbocycles. The summed E-state index contributed by atoms with van der Waals surface area (Å²) in [6, 6.07) is 6.69. The fraction of sp³-hybridized carbons (Fsp3) is 0.250. The van der Waals surface area contributed by atoms with Crippen LogP contribution >= 0.6 is 0 Å². The first kappa shape index (κ1) is 12.1. The third kappa shape index (κ3) is 3.02. The Morgan fingerprint density at radius 2 is 2.00 bits per heavy atom. The van der Waals surface area contributed by atoms with E-state index in [1.165, 1.54) is 7.11 Å². The average molecular weight is 220 g/mol. The molecular weight excluding hydrogens is 208 g/mol. The highest BCUT2D eigenvalue weighted by atomic mass is 16.5. The molecule has 0 aromatic heterocycles. The Morgan fingerprint density at radius 3 is 2.62 bits per heavy atom. The first-order valence-corrected chi connectivity index (χ1v) is 4.80. The molecule has 1 rings (SSSR count). The van der Waals surface area contributed by atoms with Crippen molar-refractivity contribution in [3.05, 3.63) is 35.4 Å². The van der Waals surface area contributed by atoms with Crippen molar-refractivity contribution in [2.24, 2.45) is 0 Å². The molecule has 4 heteroatoms. The van der Waals surface area contributed by atoms with Crippen molar-refractivity contribution < 1.29 is 19.1 Å². The van der Waals surface area contributed by atoms with Gasteiger partial charge in [-0.05, 0) is 11.6 Å². The molecule has 0 radical (unpaired) electrons. The van der Waals surface area contributed by atoms with Crippen LogP contribution in [0.25, 0.3) is 0 Å². The fourth-order valence-corrected chi connectivity index (χ4v) is 1.36. The molecule has 0 aliphatic heterocycles. The molecule has 0 saturated heterocycles. The van der Waals surface area contributed by atoms with E-state index in [4.69, 9.17) is 0 Å². The molecule has 0 spiro atoms. The molecule has 0 amide bonds. The number of hydrogen-bond acceptors (Lipinski definition) is 4. The van der Waals surface area contributed by atoms with Crippen LogP contribution in [0.3, 0.4) is 0 Å². The van der Waals surface area contributed by atoms with Crippen molar-refractivity contribution in [2.75, 3.05) is 7.11 Å². The summed E-state index contributed by atoms with van der Waals surface area (Å²) in [5.41, 5.74) is 0.949. The zero-order valence-corrected chi connectivity index (χ0v) is 8.93. The monoisotopic (exact) mass is 220 g/mol. The van der Waals surface area contributed by atoms with E-state index in [0.29, 0.717) is 17.4 Å². The van der Waals surface area contributed by atoms with Crippen LogP contribution in [0.2, 0.25) is 0 Å². The molecular formula is C12H12O4. The number of ketones is 1. The van der Waals surface area contributed by atoms with Gasteiger partial charge in [-0.3, -0.25) is 4.79 Å². The number of esters is 1. The van der Waals surface area contributed by atoms with Gasteiger partial charge in [0.1, 0.15) is 12.1 Å². The minimum absolute atomic E-state index is 0.0734. The molecule has 0 heterocycles. The summed E-state index contributed by atoms with van der Waals surface area (Å²) < 4.78 is 4.60. The molecule has 0 saturated carbocycles. The van der Waals surface area contributed by atoms with E-state index in [9.17, 15) is 14.4 Å².